The number of amides is 1. The van der Waals surface area contributed by atoms with Crippen LogP contribution in [-0.2, 0) is 19.4 Å². The van der Waals surface area contributed by atoms with Gasteiger partial charge in [0, 0.05) is 18.8 Å². The standard InChI is InChI=1S/C16H25NO5S/c1-4-23(19,20)13-14(2)17(3)16(18)12-21-10-11-22-15-8-6-5-7-9-15/h5-9,14H,4,10-13H2,1-3H3. The number of ether oxygens (including phenoxy) is 2. The number of sulfone groups is 1. The van der Waals surface area contributed by atoms with Crippen LogP contribution in [0.5, 0.6) is 5.75 Å². The minimum atomic E-state index is -3.11. The molecule has 1 aromatic carbocycles. The molecule has 0 aromatic heterocycles. The van der Waals surface area contributed by atoms with Crippen molar-refractivity contribution in [2.75, 3.05) is 38.4 Å². The second-order valence-corrected chi connectivity index (χ2v) is 7.66. The molecule has 7 heteroatoms. The monoisotopic (exact) mass is 343 g/mol. The fraction of sp³-hybridized carbons (Fsp3) is 0.562. The summed E-state index contributed by atoms with van der Waals surface area (Å²) >= 11 is 0. The van der Waals surface area contributed by atoms with Crippen LogP contribution in [0.2, 0.25) is 0 Å². The molecule has 0 saturated carbocycles. The molecule has 0 spiro atoms. The lowest BCUT2D eigenvalue weighted by atomic mass is 10.3. The van der Waals surface area contributed by atoms with Gasteiger partial charge in [0.1, 0.15) is 19.0 Å². The third kappa shape index (κ3) is 7.47. The Hall–Kier alpha value is -1.60. The lowest BCUT2D eigenvalue weighted by Gasteiger charge is -2.24. The van der Waals surface area contributed by atoms with E-state index in [1.807, 2.05) is 30.3 Å². The molecule has 0 aliphatic carbocycles. The number of benzene rings is 1. The number of carbonyl (C=O) groups is 1. The Balaban J connectivity index is 2.25. The van der Waals surface area contributed by atoms with Crippen LogP contribution in [0.3, 0.4) is 0 Å². The van der Waals surface area contributed by atoms with Crippen LogP contribution < -0.4 is 4.74 Å². The fourth-order valence-corrected chi connectivity index (χ4v) is 3.03. The highest BCUT2D eigenvalue weighted by Crippen LogP contribution is 2.07. The number of likely N-dealkylation sites (N-methyl/N-ethyl adjacent to an activating group) is 1. The third-order valence-electron chi connectivity index (χ3n) is 3.45. The van der Waals surface area contributed by atoms with Crippen LogP contribution in [0.25, 0.3) is 0 Å². The summed E-state index contributed by atoms with van der Waals surface area (Å²) in [7, 11) is -1.53. The normalized spacial score (nSPS) is 12.7. The average molecular weight is 343 g/mol. The van der Waals surface area contributed by atoms with Crippen LogP contribution >= 0.6 is 0 Å². The van der Waals surface area contributed by atoms with E-state index in [0.29, 0.717) is 6.61 Å². The summed E-state index contributed by atoms with van der Waals surface area (Å²) in [5, 5.41) is 0. The van der Waals surface area contributed by atoms with Gasteiger partial charge < -0.3 is 14.4 Å². The molecule has 1 atom stereocenters. The Labute approximate surface area is 138 Å². The Kier molecular flexibility index (Phi) is 8.05. The van der Waals surface area contributed by atoms with Crippen molar-refractivity contribution < 1.29 is 22.7 Å². The van der Waals surface area contributed by atoms with Gasteiger partial charge in [-0.3, -0.25) is 4.79 Å². The molecule has 0 aliphatic heterocycles. The molecule has 0 fully saturated rings. The molecular weight excluding hydrogens is 318 g/mol. The molecule has 0 saturated heterocycles. The highest BCUT2D eigenvalue weighted by Gasteiger charge is 2.21. The first kappa shape index (κ1) is 19.4. The Bertz CT molecular complexity index is 573. The minimum absolute atomic E-state index is 0.0388. The van der Waals surface area contributed by atoms with Crippen molar-refractivity contribution in [3.8, 4) is 5.75 Å². The Morgan fingerprint density at radius 1 is 1.22 bits per heavy atom. The van der Waals surface area contributed by atoms with E-state index in [-0.39, 0.29) is 36.7 Å². The molecule has 130 valence electrons. The number of para-hydroxylation sites is 1. The molecule has 0 aliphatic rings. The maximum absolute atomic E-state index is 12.0. The summed E-state index contributed by atoms with van der Waals surface area (Å²) in [6, 6.07) is 8.96. The lowest BCUT2D eigenvalue weighted by molar-refractivity contribution is -0.136. The number of hydrogen-bond donors (Lipinski definition) is 0. The lowest BCUT2D eigenvalue weighted by Crippen LogP contribution is -2.41. The van der Waals surface area contributed by atoms with E-state index in [4.69, 9.17) is 9.47 Å². The van der Waals surface area contributed by atoms with Crippen LogP contribution in [-0.4, -0.2) is 63.6 Å². The molecule has 0 N–H and O–H groups in total. The first-order chi connectivity index (χ1) is 10.9. The van der Waals surface area contributed by atoms with Crippen molar-refractivity contribution in [3.05, 3.63) is 30.3 Å². The number of carbonyl (C=O) groups excluding carboxylic acids is 1. The van der Waals surface area contributed by atoms with Gasteiger partial charge in [0.2, 0.25) is 5.91 Å². The van der Waals surface area contributed by atoms with E-state index in [0.717, 1.165) is 5.75 Å². The van der Waals surface area contributed by atoms with Crippen LogP contribution in [0, 0.1) is 0 Å². The zero-order valence-electron chi connectivity index (χ0n) is 13.9. The predicted molar refractivity (Wildman–Crippen MR) is 89.3 cm³/mol. The zero-order chi connectivity index (χ0) is 17.3. The molecule has 0 bridgehead atoms. The molecule has 1 aromatic rings. The molecule has 23 heavy (non-hydrogen) atoms. The molecule has 1 amide bonds. The van der Waals surface area contributed by atoms with E-state index >= 15 is 0 Å². The number of rotatable bonds is 10. The predicted octanol–water partition coefficient (Wildman–Crippen LogP) is 1.36. The van der Waals surface area contributed by atoms with Gasteiger partial charge in [0.05, 0.1) is 12.4 Å². The summed E-state index contributed by atoms with van der Waals surface area (Å²) in [6.45, 7) is 3.85. The van der Waals surface area contributed by atoms with E-state index < -0.39 is 9.84 Å². The van der Waals surface area contributed by atoms with E-state index in [9.17, 15) is 13.2 Å². The summed E-state index contributed by atoms with van der Waals surface area (Å²) in [4.78, 5) is 13.4. The van der Waals surface area contributed by atoms with Crippen molar-refractivity contribution in [1.82, 2.24) is 4.90 Å². The minimum Gasteiger partial charge on any atom is -0.491 e. The fourth-order valence-electron chi connectivity index (χ4n) is 1.84. The van der Waals surface area contributed by atoms with Gasteiger partial charge in [-0.05, 0) is 19.1 Å². The average Bonchev–Trinajstić information content (AvgIpc) is 2.54. The zero-order valence-corrected chi connectivity index (χ0v) is 14.7. The second kappa shape index (κ2) is 9.52. The van der Waals surface area contributed by atoms with Crippen molar-refractivity contribution in [3.63, 3.8) is 0 Å². The van der Waals surface area contributed by atoms with Crippen LogP contribution in [0.1, 0.15) is 13.8 Å². The van der Waals surface area contributed by atoms with Crippen molar-refractivity contribution in [2.45, 2.75) is 19.9 Å². The summed E-state index contributed by atoms with van der Waals surface area (Å²) < 4.78 is 33.9. The van der Waals surface area contributed by atoms with Gasteiger partial charge in [0.25, 0.3) is 0 Å². The summed E-state index contributed by atoms with van der Waals surface area (Å²) in [6.07, 6.45) is 0. The molecule has 6 nitrogen and oxygen atoms in total. The molecule has 0 radical (unpaired) electrons. The van der Waals surface area contributed by atoms with Gasteiger partial charge in [-0.2, -0.15) is 0 Å². The Morgan fingerprint density at radius 2 is 1.87 bits per heavy atom. The maximum Gasteiger partial charge on any atom is 0.248 e. The Morgan fingerprint density at radius 3 is 2.48 bits per heavy atom. The SMILES string of the molecule is CCS(=O)(=O)CC(C)N(C)C(=O)COCCOc1ccccc1. The molecule has 1 unspecified atom stereocenters. The van der Waals surface area contributed by atoms with Crippen LogP contribution in [0.4, 0.5) is 0 Å². The summed E-state index contributed by atoms with van der Waals surface area (Å²) in [5.74, 6) is 0.539. The molecular formula is C16H25NO5S. The van der Waals surface area contributed by atoms with Crippen molar-refractivity contribution in [2.24, 2.45) is 0 Å². The summed E-state index contributed by atoms with van der Waals surface area (Å²) in [5.41, 5.74) is 0. The number of hydrogen-bond acceptors (Lipinski definition) is 5. The second-order valence-electron chi connectivity index (χ2n) is 5.27. The quantitative estimate of drug-likeness (QED) is 0.600. The van der Waals surface area contributed by atoms with E-state index in [1.165, 1.54) is 4.90 Å². The van der Waals surface area contributed by atoms with Gasteiger partial charge >= 0.3 is 0 Å². The van der Waals surface area contributed by atoms with Gasteiger partial charge in [-0.1, -0.05) is 25.1 Å². The third-order valence-corrected chi connectivity index (χ3v) is 5.32. The van der Waals surface area contributed by atoms with Gasteiger partial charge in [-0.15, -0.1) is 0 Å². The number of nitrogens with zero attached hydrogens (tertiary/aromatic N) is 1. The molecule has 0 heterocycles. The largest absolute Gasteiger partial charge is 0.491 e. The highest BCUT2D eigenvalue weighted by atomic mass is 32.2. The smallest absolute Gasteiger partial charge is 0.248 e. The van der Waals surface area contributed by atoms with Crippen LogP contribution in [0.15, 0.2) is 30.3 Å². The highest BCUT2D eigenvalue weighted by molar-refractivity contribution is 7.91. The van der Waals surface area contributed by atoms with Gasteiger partial charge in [-0.25, -0.2) is 8.42 Å². The van der Waals surface area contributed by atoms with Crippen molar-refractivity contribution in [1.29, 1.82) is 0 Å². The first-order valence-corrected chi connectivity index (χ1v) is 9.39. The van der Waals surface area contributed by atoms with Gasteiger partial charge in [0.15, 0.2) is 9.84 Å². The van der Waals surface area contributed by atoms with Crippen molar-refractivity contribution >= 4 is 15.7 Å². The molecule has 1 rings (SSSR count). The van der Waals surface area contributed by atoms with E-state index in [2.05, 4.69) is 0 Å². The first-order valence-electron chi connectivity index (χ1n) is 7.57. The van der Waals surface area contributed by atoms with E-state index in [1.54, 1.807) is 20.9 Å². The maximum atomic E-state index is 12.0. The topological polar surface area (TPSA) is 72.9 Å².